The number of piperidine rings is 1. The molecule has 1 saturated heterocycles. The molecule has 0 atom stereocenters. The zero-order chi connectivity index (χ0) is 11.6. The molecule has 2 rings (SSSR count). The third kappa shape index (κ3) is 1.76. The van der Waals surface area contributed by atoms with Crippen molar-refractivity contribution in [2.45, 2.75) is 18.3 Å². The SMILES string of the molecule is Nc1cccc(C2(C(=O)O)CCNCC2)c1. The predicted octanol–water partition coefficient (Wildman–Crippen LogP) is 0.975. The van der Waals surface area contributed by atoms with E-state index in [1.807, 2.05) is 12.1 Å². The first-order chi connectivity index (χ1) is 7.65. The molecule has 4 N–H and O–H groups in total. The Morgan fingerprint density at radius 3 is 2.62 bits per heavy atom. The van der Waals surface area contributed by atoms with Crippen molar-refractivity contribution in [3.05, 3.63) is 29.8 Å². The molecule has 0 saturated carbocycles. The van der Waals surface area contributed by atoms with Gasteiger partial charge in [-0.15, -0.1) is 0 Å². The van der Waals surface area contributed by atoms with Gasteiger partial charge in [0.25, 0.3) is 0 Å². The minimum Gasteiger partial charge on any atom is -0.481 e. The molecule has 4 nitrogen and oxygen atoms in total. The third-order valence-electron chi connectivity index (χ3n) is 3.31. The lowest BCUT2D eigenvalue weighted by Gasteiger charge is -2.34. The monoisotopic (exact) mass is 220 g/mol. The molecule has 0 spiro atoms. The van der Waals surface area contributed by atoms with Gasteiger partial charge in [-0.25, -0.2) is 0 Å². The fourth-order valence-electron chi connectivity index (χ4n) is 2.32. The molecule has 0 aliphatic carbocycles. The molecule has 16 heavy (non-hydrogen) atoms. The Balaban J connectivity index is 2.42. The van der Waals surface area contributed by atoms with Crippen LogP contribution in [0, 0.1) is 0 Å². The highest BCUT2D eigenvalue weighted by Crippen LogP contribution is 2.34. The van der Waals surface area contributed by atoms with E-state index in [1.54, 1.807) is 12.1 Å². The summed E-state index contributed by atoms with van der Waals surface area (Å²) in [5.74, 6) is -0.750. The van der Waals surface area contributed by atoms with Gasteiger partial charge in [0.1, 0.15) is 0 Å². The standard InChI is InChI=1S/C12H16N2O2/c13-10-3-1-2-9(8-10)12(11(15)16)4-6-14-7-5-12/h1-3,8,14H,4-7,13H2,(H,15,16). The summed E-state index contributed by atoms with van der Waals surface area (Å²) in [7, 11) is 0. The summed E-state index contributed by atoms with van der Waals surface area (Å²) < 4.78 is 0. The van der Waals surface area contributed by atoms with Crippen LogP contribution in [-0.4, -0.2) is 24.2 Å². The molecule has 1 aromatic rings. The highest BCUT2D eigenvalue weighted by molar-refractivity contribution is 5.82. The molecule has 0 aromatic heterocycles. The molecule has 0 unspecified atom stereocenters. The third-order valence-corrected chi connectivity index (χ3v) is 3.31. The first kappa shape index (κ1) is 11.0. The molecular formula is C12H16N2O2. The van der Waals surface area contributed by atoms with Crippen LogP contribution in [0.1, 0.15) is 18.4 Å². The van der Waals surface area contributed by atoms with E-state index in [0.717, 1.165) is 18.7 Å². The molecule has 1 aromatic carbocycles. The fourth-order valence-corrected chi connectivity index (χ4v) is 2.32. The molecular weight excluding hydrogens is 204 g/mol. The van der Waals surface area contributed by atoms with Crippen LogP contribution in [0.5, 0.6) is 0 Å². The molecule has 1 heterocycles. The van der Waals surface area contributed by atoms with Crippen molar-refractivity contribution in [3.63, 3.8) is 0 Å². The van der Waals surface area contributed by atoms with Crippen LogP contribution in [0.4, 0.5) is 5.69 Å². The first-order valence-corrected chi connectivity index (χ1v) is 5.45. The molecule has 0 radical (unpaired) electrons. The van der Waals surface area contributed by atoms with E-state index < -0.39 is 11.4 Å². The summed E-state index contributed by atoms with van der Waals surface area (Å²) in [5, 5.41) is 12.6. The number of rotatable bonds is 2. The maximum absolute atomic E-state index is 11.5. The van der Waals surface area contributed by atoms with Crippen molar-refractivity contribution in [1.82, 2.24) is 5.32 Å². The Morgan fingerprint density at radius 1 is 1.38 bits per heavy atom. The number of carbonyl (C=O) groups is 1. The summed E-state index contributed by atoms with van der Waals surface area (Å²) in [6, 6.07) is 7.23. The van der Waals surface area contributed by atoms with Crippen LogP contribution in [0.2, 0.25) is 0 Å². The van der Waals surface area contributed by atoms with E-state index in [2.05, 4.69) is 5.32 Å². The van der Waals surface area contributed by atoms with Gasteiger partial charge in [-0.05, 0) is 43.6 Å². The number of hydrogen-bond donors (Lipinski definition) is 3. The van der Waals surface area contributed by atoms with Gasteiger partial charge in [-0.3, -0.25) is 4.79 Å². The van der Waals surface area contributed by atoms with Crippen molar-refractivity contribution >= 4 is 11.7 Å². The number of nitrogen functional groups attached to an aromatic ring is 1. The maximum atomic E-state index is 11.5. The van der Waals surface area contributed by atoms with Crippen LogP contribution in [-0.2, 0) is 10.2 Å². The van der Waals surface area contributed by atoms with E-state index >= 15 is 0 Å². The number of carboxylic acid groups (broad SMARTS) is 1. The van der Waals surface area contributed by atoms with Gasteiger partial charge < -0.3 is 16.2 Å². The minimum atomic E-state index is -0.763. The molecule has 0 bridgehead atoms. The average molecular weight is 220 g/mol. The zero-order valence-corrected chi connectivity index (χ0v) is 9.07. The average Bonchev–Trinajstić information content (AvgIpc) is 2.30. The Kier molecular flexibility index (Phi) is 2.83. The van der Waals surface area contributed by atoms with Gasteiger partial charge in [-0.2, -0.15) is 0 Å². The van der Waals surface area contributed by atoms with Crippen molar-refractivity contribution in [3.8, 4) is 0 Å². The molecule has 1 aliphatic heterocycles. The number of nitrogens with two attached hydrogens (primary N) is 1. The summed E-state index contributed by atoms with van der Waals surface area (Å²) in [5.41, 5.74) is 6.40. The lowest BCUT2D eigenvalue weighted by molar-refractivity contribution is -0.145. The minimum absolute atomic E-state index is 0.617. The second kappa shape index (κ2) is 4.14. The van der Waals surface area contributed by atoms with Crippen molar-refractivity contribution in [1.29, 1.82) is 0 Å². The van der Waals surface area contributed by atoms with E-state index in [9.17, 15) is 9.90 Å². The summed E-state index contributed by atoms with van der Waals surface area (Å²) >= 11 is 0. The topological polar surface area (TPSA) is 75.4 Å². The van der Waals surface area contributed by atoms with Crippen molar-refractivity contribution in [2.75, 3.05) is 18.8 Å². The zero-order valence-electron chi connectivity index (χ0n) is 9.07. The van der Waals surface area contributed by atoms with E-state index in [-0.39, 0.29) is 0 Å². The van der Waals surface area contributed by atoms with Gasteiger partial charge >= 0.3 is 5.97 Å². The normalized spacial score (nSPS) is 19.2. The number of aliphatic carboxylic acids is 1. The van der Waals surface area contributed by atoms with Gasteiger partial charge in [-0.1, -0.05) is 12.1 Å². The molecule has 4 heteroatoms. The lowest BCUT2D eigenvalue weighted by atomic mass is 9.73. The lowest BCUT2D eigenvalue weighted by Crippen LogP contribution is -2.45. The first-order valence-electron chi connectivity index (χ1n) is 5.45. The number of benzene rings is 1. The Morgan fingerprint density at radius 2 is 2.06 bits per heavy atom. The van der Waals surface area contributed by atoms with Gasteiger partial charge in [0.05, 0.1) is 5.41 Å². The highest BCUT2D eigenvalue weighted by Gasteiger charge is 2.41. The second-order valence-electron chi connectivity index (χ2n) is 4.26. The Bertz CT molecular complexity index is 398. The highest BCUT2D eigenvalue weighted by atomic mass is 16.4. The summed E-state index contributed by atoms with van der Waals surface area (Å²) in [6.07, 6.45) is 1.23. The second-order valence-corrected chi connectivity index (χ2v) is 4.26. The quantitative estimate of drug-likeness (QED) is 0.649. The summed E-state index contributed by atoms with van der Waals surface area (Å²) in [4.78, 5) is 11.5. The van der Waals surface area contributed by atoms with Crippen LogP contribution in [0.15, 0.2) is 24.3 Å². The Hall–Kier alpha value is -1.55. The van der Waals surface area contributed by atoms with Crippen LogP contribution < -0.4 is 11.1 Å². The van der Waals surface area contributed by atoms with E-state index in [1.165, 1.54) is 0 Å². The van der Waals surface area contributed by atoms with Gasteiger partial charge in [0.2, 0.25) is 0 Å². The van der Waals surface area contributed by atoms with E-state index in [4.69, 9.17) is 5.73 Å². The smallest absolute Gasteiger partial charge is 0.314 e. The number of carboxylic acids is 1. The molecule has 0 amide bonds. The van der Waals surface area contributed by atoms with Crippen LogP contribution in [0.3, 0.4) is 0 Å². The maximum Gasteiger partial charge on any atom is 0.314 e. The van der Waals surface area contributed by atoms with E-state index in [0.29, 0.717) is 18.5 Å². The largest absolute Gasteiger partial charge is 0.481 e. The Labute approximate surface area is 94.5 Å². The molecule has 86 valence electrons. The van der Waals surface area contributed by atoms with Crippen LogP contribution >= 0.6 is 0 Å². The molecule has 1 fully saturated rings. The van der Waals surface area contributed by atoms with Crippen molar-refractivity contribution in [2.24, 2.45) is 0 Å². The van der Waals surface area contributed by atoms with Gasteiger partial charge in [0, 0.05) is 5.69 Å². The fraction of sp³-hybridized carbons (Fsp3) is 0.417. The number of hydrogen-bond acceptors (Lipinski definition) is 3. The van der Waals surface area contributed by atoms with Crippen molar-refractivity contribution < 1.29 is 9.90 Å². The van der Waals surface area contributed by atoms with Crippen LogP contribution in [0.25, 0.3) is 0 Å². The number of anilines is 1. The summed E-state index contributed by atoms with van der Waals surface area (Å²) in [6.45, 7) is 1.47. The number of nitrogens with one attached hydrogen (secondary N) is 1. The predicted molar refractivity (Wildman–Crippen MR) is 62.3 cm³/mol. The molecule has 1 aliphatic rings. The van der Waals surface area contributed by atoms with Gasteiger partial charge in [0.15, 0.2) is 0 Å².